The van der Waals surface area contributed by atoms with Crippen LogP contribution in [0.4, 0.5) is 0 Å². The SMILES string of the molecule is C=C.CC(=O)C1CCOC1=O. The lowest BCUT2D eigenvalue weighted by molar-refractivity contribution is -0.144. The Labute approximate surface area is 66.0 Å². The summed E-state index contributed by atoms with van der Waals surface area (Å²) >= 11 is 0. The van der Waals surface area contributed by atoms with Crippen LogP contribution in [0.5, 0.6) is 0 Å². The Balaban J connectivity index is 0.000000461. The molecule has 0 aliphatic carbocycles. The highest BCUT2D eigenvalue weighted by Gasteiger charge is 2.29. The van der Waals surface area contributed by atoms with E-state index in [1.807, 2.05) is 0 Å². The number of Topliss-reactive ketones (excluding diaryl/α,β-unsaturated/α-hetero) is 1. The van der Waals surface area contributed by atoms with Crippen LogP contribution in [-0.4, -0.2) is 18.4 Å². The first-order chi connectivity index (χ1) is 5.22. The molecule has 0 spiro atoms. The quantitative estimate of drug-likeness (QED) is 0.322. The molecule has 0 radical (unpaired) electrons. The number of ketones is 1. The molecule has 1 unspecified atom stereocenters. The van der Waals surface area contributed by atoms with Gasteiger partial charge in [0, 0.05) is 6.42 Å². The summed E-state index contributed by atoms with van der Waals surface area (Å²) in [5.74, 6) is -0.912. The second-order valence-electron chi connectivity index (χ2n) is 2.12. The molecule has 1 saturated heterocycles. The third-order valence-electron chi connectivity index (χ3n) is 1.43. The number of esters is 1. The van der Waals surface area contributed by atoms with Gasteiger partial charge in [-0.05, 0) is 6.92 Å². The summed E-state index contributed by atoms with van der Waals surface area (Å²) in [7, 11) is 0. The van der Waals surface area contributed by atoms with Crippen LogP contribution in [0, 0.1) is 5.92 Å². The van der Waals surface area contributed by atoms with Gasteiger partial charge in [-0.1, -0.05) is 0 Å². The van der Waals surface area contributed by atoms with Crippen molar-refractivity contribution in [1.29, 1.82) is 0 Å². The molecule has 0 saturated carbocycles. The molecule has 1 fully saturated rings. The lowest BCUT2D eigenvalue weighted by Gasteiger charge is -1.95. The Kier molecular flexibility index (Phi) is 4.18. The van der Waals surface area contributed by atoms with Crippen LogP contribution in [0.1, 0.15) is 13.3 Å². The Morgan fingerprint density at radius 3 is 2.36 bits per heavy atom. The normalized spacial score (nSPS) is 21.5. The molecule has 1 aliphatic heterocycles. The average molecular weight is 156 g/mol. The number of rotatable bonds is 1. The molecule has 0 N–H and O–H groups in total. The third-order valence-corrected chi connectivity index (χ3v) is 1.43. The zero-order valence-corrected chi connectivity index (χ0v) is 6.63. The zero-order chi connectivity index (χ0) is 8.85. The van der Waals surface area contributed by atoms with Gasteiger partial charge in [-0.3, -0.25) is 9.59 Å². The fourth-order valence-corrected chi connectivity index (χ4v) is 0.865. The first-order valence-corrected chi connectivity index (χ1v) is 3.39. The van der Waals surface area contributed by atoms with Crippen molar-refractivity contribution in [3.8, 4) is 0 Å². The van der Waals surface area contributed by atoms with E-state index in [0.717, 1.165) is 0 Å². The lowest BCUT2D eigenvalue weighted by atomic mass is 10.1. The summed E-state index contributed by atoms with van der Waals surface area (Å²) in [6.45, 7) is 7.82. The van der Waals surface area contributed by atoms with E-state index in [0.29, 0.717) is 13.0 Å². The summed E-state index contributed by atoms with van der Waals surface area (Å²) in [4.78, 5) is 21.1. The van der Waals surface area contributed by atoms with Gasteiger partial charge in [0.15, 0.2) is 0 Å². The zero-order valence-electron chi connectivity index (χ0n) is 6.63. The highest BCUT2D eigenvalue weighted by atomic mass is 16.5. The van der Waals surface area contributed by atoms with Crippen LogP contribution in [0.3, 0.4) is 0 Å². The highest BCUT2D eigenvalue weighted by Crippen LogP contribution is 2.14. The number of cyclic esters (lactones) is 1. The maximum atomic E-state index is 10.6. The summed E-state index contributed by atoms with van der Waals surface area (Å²) in [5.41, 5.74) is 0. The van der Waals surface area contributed by atoms with Crippen molar-refractivity contribution in [2.24, 2.45) is 5.92 Å². The van der Waals surface area contributed by atoms with Crippen molar-refractivity contribution >= 4 is 11.8 Å². The molecular formula is C8H12O3. The first kappa shape index (κ1) is 9.88. The Morgan fingerprint density at radius 2 is 2.18 bits per heavy atom. The maximum absolute atomic E-state index is 10.6. The van der Waals surface area contributed by atoms with E-state index >= 15 is 0 Å². The van der Waals surface area contributed by atoms with Gasteiger partial charge in [0.05, 0.1) is 6.61 Å². The number of hydrogen-bond acceptors (Lipinski definition) is 3. The number of ether oxygens (including phenoxy) is 1. The molecule has 0 aromatic rings. The van der Waals surface area contributed by atoms with Gasteiger partial charge in [0.1, 0.15) is 11.7 Å². The van der Waals surface area contributed by atoms with Gasteiger partial charge in [-0.15, -0.1) is 13.2 Å². The summed E-state index contributed by atoms with van der Waals surface area (Å²) < 4.78 is 4.57. The third kappa shape index (κ3) is 2.53. The van der Waals surface area contributed by atoms with Crippen molar-refractivity contribution in [2.45, 2.75) is 13.3 Å². The average Bonchev–Trinajstić information content (AvgIpc) is 2.39. The molecule has 1 atom stereocenters. The minimum atomic E-state index is -0.468. The smallest absolute Gasteiger partial charge is 0.316 e. The molecule has 1 aliphatic rings. The molecule has 1 rings (SSSR count). The molecule has 3 nitrogen and oxygen atoms in total. The van der Waals surface area contributed by atoms with E-state index in [4.69, 9.17) is 0 Å². The highest BCUT2D eigenvalue weighted by molar-refractivity contribution is 5.98. The fraction of sp³-hybridized carbons (Fsp3) is 0.500. The molecule has 0 aromatic heterocycles. The van der Waals surface area contributed by atoms with Crippen molar-refractivity contribution in [2.75, 3.05) is 6.61 Å². The van der Waals surface area contributed by atoms with Gasteiger partial charge < -0.3 is 4.74 Å². The van der Waals surface area contributed by atoms with Gasteiger partial charge >= 0.3 is 5.97 Å². The van der Waals surface area contributed by atoms with Crippen molar-refractivity contribution in [3.63, 3.8) is 0 Å². The second-order valence-corrected chi connectivity index (χ2v) is 2.12. The molecule has 11 heavy (non-hydrogen) atoms. The van der Waals surface area contributed by atoms with Crippen LogP contribution >= 0.6 is 0 Å². The standard InChI is InChI=1S/C6H8O3.C2H4/c1-4(7)5-2-3-9-6(5)8;1-2/h5H,2-3H2,1H3;1-2H2. The van der Waals surface area contributed by atoms with Gasteiger partial charge in [0.2, 0.25) is 0 Å². The van der Waals surface area contributed by atoms with E-state index in [2.05, 4.69) is 17.9 Å². The number of carbonyl (C=O) groups excluding carboxylic acids is 2. The van der Waals surface area contributed by atoms with E-state index in [-0.39, 0.29) is 11.8 Å². The molecule has 62 valence electrons. The summed E-state index contributed by atoms with van der Waals surface area (Å²) in [6.07, 6.45) is 0.564. The fourth-order valence-electron chi connectivity index (χ4n) is 0.865. The molecule has 3 heteroatoms. The lowest BCUT2D eigenvalue weighted by Crippen LogP contribution is -2.15. The topological polar surface area (TPSA) is 43.4 Å². The minimum absolute atomic E-state index is 0.0856. The van der Waals surface area contributed by atoms with Crippen LogP contribution in [-0.2, 0) is 14.3 Å². The largest absolute Gasteiger partial charge is 0.465 e. The maximum Gasteiger partial charge on any atom is 0.316 e. The van der Waals surface area contributed by atoms with Crippen LogP contribution in [0.15, 0.2) is 13.2 Å². The van der Waals surface area contributed by atoms with Crippen molar-refractivity contribution in [1.82, 2.24) is 0 Å². The molecule has 0 bridgehead atoms. The number of hydrogen-bond donors (Lipinski definition) is 0. The minimum Gasteiger partial charge on any atom is -0.465 e. The van der Waals surface area contributed by atoms with Crippen molar-refractivity contribution < 1.29 is 14.3 Å². The van der Waals surface area contributed by atoms with Gasteiger partial charge in [0.25, 0.3) is 0 Å². The van der Waals surface area contributed by atoms with Gasteiger partial charge in [-0.2, -0.15) is 0 Å². The van der Waals surface area contributed by atoms with E-state index in [1.165, 1.54) is 6.92 Å². The molecular weight excluding hydrogens is 144 g/mol. The Morgan fingerprint density at radius 1 is 1.64 bits per heavy atom. The predicted octanol–water partition coefficient (Wildman–Crippen LogP) is 0.941. The predicted molar refractivity (Wildman–Crippen MR) is 41.0 cm³/mol. The molecule has 0 aromatic carbocycles. The second kappa shape index (κ2) is 4.66. The Bertz CT molecular complexity index is 163. The van der Waals surface area contributed by atoms with Crippen molar-refractivity contribution in [3.05, 3.63) is 13.2 Å². The monoisotopic (exact) mass is 156 g/mol. The van der Waals surface area contributed by atoms with E-state index in [9.17, 15) is 9.59 Å². The van der Waals surface area contributed by atoms with Crippen LogP contribution in [0.25, 0.3) is 0 Å². The van der Waals surface area contributed by atoms with Crippen LogP contribution < -0.4 is 0 Å². The first-order valence-electron chi connectivity index (χ1n) is 3.39. The molecule has 1 heterocycles. The number of carbonyl (C=O) groups is 2. The summed E-state index contributed by atoms with van der Waals surface area (Å²) in [5, 5.41) is 0. The van der Waals surface area contributed by atoms with Gasteiger partial charge in [-0.25, -0.2) is 0 Å². The molecule has 0 amide bonds. The van der Waals surface area contributed by atoms with E-state index < -0.39 is 5.92 Å². The van der Waals surface area contributed by atoms with Crippen LogP contribution in [0.2, 0.25) is 0 Å². The Hall–Kier alpha value is -1.12. The summed E-state index contributed by atoms with van der Waals surface area (Å²) in [6, 6.07) is 0. The van der Waals surface area contributed by atoms with E-state index in [1.54, 1.807) is 0 Å².